The minimum atomic E-state index is -4.51. The Morgan fingerprint density at radius 2 is 2.00 bits per heavy atom. The Labute approximate surface area is 178 Å². The fourth-order valence-corrected chi connectivity index (χ4v) is 6.92. The molecular formula is C16H10Cl2FN2O5PS2. The quantitative estimate of drug-likeness (QED) is 0.478. The number of benzene rings is 2. The first-order valence-corrected chi connectivity index (χ1v) is 12.4. The molecule has 13 heteroatoms. The second kappa shape index (κ2) is 8.20. The third kappa shape index (κ3) is 5.08. The van der Waals surface area contributed by atoms with Crippen molar-refractivity contribution in [2.24, 2.45) is 0 Å². The molecular weight excluding hydrogens is 485 g/mol. The Bertz CT molecular complexity index is 1310. The van der Waals surface area contributed by atoms with Crippen molar-refractivity contribution in [3.8, 4) is 11.8 Å². The van der Waals surface area contributed by atoms with Crippen LogP contribution in [-0.4, -0.2) is 19.6 Å². The molecule has 1 aromatic heterocycles. The van der Waals surface area contributed by atoms with Crippen molar-refractivity contribution in [2.75, 3.05) is 6.29 Å². The molecule has 0 aliphatic heterocycles. The van der Waals surface area contributed by atoms with E-state index in [-0.39, 0.29) is 20.5 Å². The van der Waals surface area contributed by atoms with Gasteiger partial charge in [0.2, 0.25) is 0 Å². The molecule has 0 saturated carbocycles. The van der Waals surface area contributed by atoms with Crippen LogP contribution in [0, 0.1) is 17.1 Å². The van der Waals surface area contributed by atoms with E-state index < -0.39 is 29.7 Å². The number of halogens is 3. The van der Waals surface area contributed by atoms with Gasteiger partial charge in [-0.25, -0.2) is 17.4 Å². The monoisotopic (exact) mass is 494 g/mol. The third-order valence-corrected chi connectivity index (χ3v) is 8.31. The number of rotatable bonds is 6. The van der Waals surface area contributed by atoms with Gasteiger partial charge in [0, 0.05) is 21.2 Å². The van der Waals surface area contributed by atoms with E-state index in [0.717, 1.165) is 29.5 Å². The standard InChI is InChI=1S/C16H10Cl2FN2O5PS2/c17-10-3-13(18)12-6-16(28-15(12)4-10)29(24,25)21-8-27(22,23)26-11-2-1-9(7-20)14(19)5-11/h1-6,21H,8H2,(H,22,23). The number of hydrogen-bond acceptors (Lipinski definition) is 6. The number of thiophene rings is 1. The van der Waals surface area contributed by atoms with Gasteiger partial charge in [0.05, 0.1) is 10.6 Å². The summed E-state index contributed by atoms with van der Waals surface area (Å²) in [5.74, 6) is -1.26. The summed E-state index contributed by atoms with van der Waals surface area (Å²) in [4.78, 5) is 9.90. The summed E-state index contributed by atoms with van der Waals surface area (Å²) >= 11 is 12.8. The first-order valence-electron chi connectivity index (χ1n) is 7.60. The van der Waals surface area contributed by atoms with E-state index in [9.17, 15) is 22.3 Å². The molecule has 29 heavy (non-hydrogen) atoms. The van der Waals surface area contributed by atoms with Gasteiger partial charge in [-0.15, -0.1) is 11.3 Å². The molecule has 1 heterocycles. The highest BCUT2D eigenvalue weighted by Crippen LogP contribution is 2.42. The Balaban J connectivity index is 1.77. The maximum atomic E-state index is 13.6. The molecule has 3 aromatic rings. The Morgan fingerprint density at radius 3 is 2.66 bits per heavy atom. The van der Waals surface area contributed by atoms with E-state index in [1.807, 2.05) is 4.72 Å². The van der Waals surface area contributed by atoms with Crippen molar-refractivity contribution in [2.45, 2.75) is 4.21 Å². The van der Waals surface area contributed by atoms with E-state index in [1.165, 1.54) is 12.1 Å². The SMILES string of the molecule is N#Cc1ccc(OP(=O)(O)CNS(=O)(=O)c2cc3c(Cl)cc(Cl)cc3s2)cc1F. The Morgan fingerprint density at radius 1 is 1.28 bits per heavy atom. The molecule has 152 valence electrons. The minimum Gasteiger partial charge on any atom is -0.424 e. The first kappa shape index (κ1) is 22.0. The largest absolute Gasteiger partial charge is 0.424 e. The van der Waals surface area contributed by atoms with Crippen LogP contribution < -0.4 is 9.25 Å². The lowest BCUT2D eigenvalue weighted by Gasteiger charge is -2.14. The number of nitriles is 1. The molecule has 0 amide bonds. The number of fused-ring (bicyclic) bond motifs is 1. The average Bonchev–Trinajstić information content (AvgIpc) is 3.05. The van der Waals surface area contributed by atoms with Crippen LogP contribution in [0.3, 0.4) is 0 Å². The molecule has 1 atom stereocenters. The topological polar surface area (TPSA) is 116 Å². The first-order chi connectivity index (χ1) is 13.5. The summed E-state index contributed by atoms with van der Waals surface area (Å²) < 4.78 is 57.9. The molecule has 7 nitrogen and oxygen atoms in total. The Kier molecular flexibility index (Phi) is 6.22. The van der Waals surface area contributed by atoms with Crippen LogP contribution in [0.2, 0.25) is 10.0 Å². The third-order valence-electron chi connectivity index (χ3n) is 3.56. The van der Waals surface area contributed by atoms with Crippen LogP contribution in [0.1, 0.15) is 5.56 Å². The minimum absolute atomic E-state index is 0.138. The normalized spacial score (nSPS) is 13.8. The van der Waals surface area contributed by atoms with E-state index in [0.29, 0.717) is 15.1 Å². The highest BCUT2D eigenvalue weighted by molar-refractivity contribution is 7.92. The maximum absolute atomic E-state index is 13.6. The van der Waals surface area contributed by atoms with Crippen molar-refractivity contribution < 1.29 is 26.8 Å². The predicted octanol–water partition coefficient (Wildman–Crippen LogP) is 4.72. The second-order valence-corrected chi connectivity index (χ2v) is 11.3. The predicted molar refractivity (Wildman–Crippen MR) is 109 cm³/mol. The summed E-state index contributed by atoms with van der Waals surface area (Å²) in [5.41, 5.74) is -0.269. The number of hydrogen-bond donors (Lipinski definition) is 2. The molecule has 0 fully saturated rings. The fourth-order valence-electron chi connectivity index (χ4n) is 2.25. The van der Waals surface area contributed by atoms with Gasteiger partial charge in [-0.05, 0) is 30.3 Å². The lowest BCUT2D eigenvalue weighted by atomic mass is 10.2. The highest BCUT2D eigenvalue weighted by Gasteiger charge is 2.27. The zero-order valence-electron chi connectivity index (χ0n) is 14.1. The molecule has 0 spiro atoms. The van der Waals surface area contributed by atoms with Crippen molar-refractivity contribution in [1.82, 2.24) is 4.72 Å². The second-order valence-electron chi connectivity index (χ2n) is 5.65. The summed E-state index contributed by atoms with van der Waals surface area (Å²) in [5, 5.41) is 9.76. The molecule has 3 rings (SSSR count). The highest BCUT2D eigenvalue weighted by atomic mass is 35.5. The fraction of sp³-hybridized carbons (Fsp3) is 0.0625. The van der Waals surface area contributed by atoms with Gasteiger partial charge in [-0.3, -0.25) is 0 Å². The molecule has 0 aliphatic rings. The summed E-state index contributed by atoms with van der Waals surface area (Å²) in [6, 6.07) is 8.88. The number of sulfonamides is 1. The van der Waals surface area contributed by atoms with Crippen LogP contribution in [0.25, 0.3) is 10.1 Å². The summed E-state index contributed by atoms with van der Waals surface area (Å²) in [6.07, 6.45) is -0.959. The van der Waals surface area contributed by atoms with Crippen molar-refractivity contribution in [3.63, 3.8) is 0 Å². The van der Waals surface area contributed by atoms with Crippen LogP contribution in [0.15, 0.2) is 40.6 Å². The molecule has 1 unspecified atom stereocenters. The van der Waals surface area contributed by atoms with Gasteiger partial charge < -0.3 is 9.42 Å². The maximum Gasteiger partial charge on any atom is 0.391 e. The zero-order valence-corrected chi connectivity index (χ0v) is 18.1. The zero-order chi connectivity index (χ0) is 21.4. The van der Waals surface area contributed by atoms with Crippen molar-refractivity contribution in [1.29, 1.82) is 5.26 Å². The molecule has 2 N–H and O–H groups in total. The smallest absolute Gasteiger partial charge is 0.391 e. The molecule has 0 aliphatic carbocycles. The van der Waals surface area contributed by atoms with Gasteiger partial charge in [-0.2, -0.15) is 9.98 Å². The van der Waals surface area contributed by atoms with Gasteiger partial charge in [-0.1, -0.05) is 23.2 Å². The summed E-state index contributed by atoms with van der Waals surface area (Å²) in [6.45, 7) is 0. The van der Waals surface area contributed by atoms with Gasteiger partial charge >= 0.3 is 7.60 Å². The van der Waals surface area contributed by atoms with Gasteiger partial charge in [0.25, 0.3) is 10.0 Å². The van der Waals surface area contributed by atoms with Crippen LogP contribution >= 0.6 is 42.1 Å². The number of nitrogens with zero attached hydrogens (tertiary/aromatic N) is 1. The number of nitrogens with one attached hydrogen (secondary N) is 1. The summed E-state index contributed by atoms with van der Waals surface area (Å²) in [7, 11) is -8.67. The van der Waals surface area contributed by atoms with Crippen LogP contribution in [0.5, 0.6) is 5.75 Å². The van der Waals surface area contributed by atoms with Gasteiger partial charge in [0.1, 0.15) is 28.1 Å². The van der Waals surface area contributed by atoms with Crippen LogP contribution in [0.4, 0.5) is 4.39 Å². The van der Waals surface area contributed by atoms with E-state index >= 15 is 0 Å². The average molecular weight is 495 g/mol. The molecule has 2 aromatic carbocycles. The van der Waals surface area contributed by atoms with E-state index in [2.05, 4.69) is 0 Å². The Hall–Kier alpha value is -1.70. The van der Waals surface area contributed by atoms with Crippen LogP contribution in [-0.2, 0) is 14.6 Å². The van der Waals surface area contributed by atoms with E-state index in [4.69, 9.17) is 33.0 Å². The van der Waals surface area contributed by atoms with E-state index in [1.54, 1.807) is 12.1 Å². The lowest BCUT2D eigenvalue weighted by molar-refractivity contribution is 0.377. The molecule has 0 saturated heterocycles. The van der Waals surface area contributed by atoms with Gasteiger partial charge in [0.15, 0.2) is 0 Å². The molecule has 0 radical (unpaired) electrons. The molecule has 0 bridgehead atoms. The van der Waals surface area contributed by atoms with Crippen molar-refractivity contribution >= 4 is 62.2 Å². The van der Waals surface area contributed by atoms with Crippen molar-refractivity contribution in [3.05, 3.63) is 57.8 Å². The lowest BCUT2D eigenvalue weighted by Crippen LogP contribution is -2.25.